The fourth-order valence-corrected chi connectivity index (χ4v) is 0.868. The zero-order valence-corrected chi connectivity index (χ0v) is 8.32. The first kappa shape index (κ1) is 12.1. The Balaban J connectivity index is 5.07. The predicted octanol–water partition coefficient (Wildman–Crippen LogP) is 3.61. The van der Waals surface area contributed by atoms with E-state index in [1.54, 1.807) is 18.2 Å². The summed E-state index contributed by atoms with van der Waals surface area (Å²) in [6, 6.07) is 0. The second-order valence-electron chi connectivity index (χ2n) is 2.35. The van der Waals surface area contributed by atoms with Gasteiger partial charge in [0.15, 0.2) is 0 Å². The van der Waals surface area contributed by atoms with Gasteiger partial charge in [-0.1, -0.05) is 56.7 Å². The van der Waals surface area contributed by atoms with Crippen molar-refractivity contribution in [1.29, 1.82) is 0 Å². The molecule has 1 nitrogen and oxygen atoms in total. The monoisotopic (exact) mass is 185 g/mol. The van der Waals surface area contributed by atoms with Gasteiger partial charge < -0.3 is 0 Å². The van der Waals surface area contributed by atoms with Crippen molar-refractivity contribution in [3.05, 3.63) is 74.5 Å². The van der Waals surface area contributed by atoms with Gasteiger partial charge in [-0.25, -0.2) is 0 Å². The second kappa shape index (κ2) is 7.74. The molecule has 0 aliphatic carbocycles. The molecule has 0 rings (SSSR count). The Morgan fingerprint density at radius 3 is 2.14 bits per heavy atom. The molecule has 0 aliphatic heterocycles. The highest BCUT2D eigenvalue weighted by Crippen LogP contribution is 2.03. The topological polar surface area (TPSA) is 12.4 Å². The van der Waals surface area contributed by atoms with Crippen molar-refractivity contribution in [2.75, 3.05) is 0 Å². The molecule has 0 aromatic rings. The van der Waals surface area contributed by atoms with Crippen LogP contribution in [-0.4, -0.2) is 5.71 Å². The van der Waals surface area contributed by atoms with Gasteiger partial charge in [0.2, 0.25) is 0 Å². The standard InChI is InChI=1S/C13H15N/c1-5-9-11-12(10-6-2)13(7-3)14-8-4/h5-11H,1-4H2/b11-9-,12-10+,14-13+. The molecule has 1 heteroatoms. The van der Waals surface area contributed by atoms with Crippen LogP contribution in [0.4, 0.5) is 0 Å². The maximum Gasteiger partial charge on any atom is 0.0695 e. The van der Waals surface area contributed by atoms with Crippen LogP contribution < -0.4 is 0 Å². The largest absolute Gasteiger partial charge is 0.257 e. The Bertz CT molecular complexity index is 314. The van der Waals surface area contributed by atoms with E-state index in [2.05, 4.69) is 31.3 Å². The number of rotatable bonds is 6. The highest BCUT2D eigenvalue weighted by molar-refractivity contribution is 6.10. The fraction of sp³-hybridized carbons (Fsp3) is 0. The van der Waals surface area contributed by atoms with Crippen molar-refractivity contribution in [2.45, 2.75) is 0 Å². The van der Waals surface area contributed by atoms with Crippen molar-refractivity contribution in [1.82, 2.24) is 0 Å². The molecular formula is C13H15N. The minimum atomic E-state index is 0.762. The summed E-state index contributed by atoms with van der Waals surface area (Å²) < 4.78 is 0. The molecule has 0 spiro atoms. The van der Waals surface area contributed by atoms with Gasteiger partial charge in [0.1, 0.15) is 0 Å². The Morgan fingerprint density at radius 2 is 1.71 bits per heavy atom. The van der Waals surface area contributed by atoms with Crippen molar-refractivity contribution < 1.29 is 0 Å². The Kier molecular flexibility index (Phi) is 6.70. The Labute approximate surface area is 85.9 Å². The van der Waals surface area contributed by atoms with Gasteiger partial charge in [-0.3, -0.25) is 4.99 Å². The summed E-state index contributed by atoms with van der Waals surface area (Å²) in [7, 11) is 0. The summed E-state index contributed by atoms with van der Waals surface area (Å²) in [5.74, 6) is 0. The molecule has 0 radical (unpaired) electrons. The van der Waals surface area contributed by atoms with Gasteiger partial charge in [0, 0.05) is 11.8 Å². The van der Waals surface area contributed by atoms with Gasteiger partial charge in [-0.15, -0.1) is 0 Å². The van der Waals surface area contributed by atoms with Crippen LogP contribution in [0.1, 0.15) is 0 Å². The molecule has 0 N–H and O–H groups in total. The normalized spacial score (nSPS) is 12.6. The number of allylic oxidation sites excluding steroid dienone is 7. The van der Waals surface area contributed by atoms with Crippen LogP contribution >= 0.6 is 0 Å². The van der Waals surface area contributed by atoms with E-state index in [9.17, 15) is 0 Å². The smallest absolute Gasteiger partial charge is 0.0695 e. The van der Waals surface area contributed by atoms with E-state index in [1.165, 1.54) is 6.20 Å². The minimum Gasteiger partial charge on any atom is -0.257 e. The molecule has 0 amide bonds. The highest BCUT2D eigenvalue weighted by atomic mass is 14.7. The van der Waals surface area contributed by atoms with Crippen LogP contribution in [0.3, 0.4) is 0 Å². The highest BCUT2D eigenvalue weighted by Gasteiger charge is 1.96. The van der Waals surface area contributed by atoms with Gasteiger partial charge in [0.05, 0.1) is 5.71 Å². The van der Waals surface area contributed by atoms with Crippen LogP contribution in [0, 0.1) is 0 Å². The molecule has 0 fully saturated rings. The molecule has 0 heterocycles. The molecule has 0 saturated heterocycles. The van der Waals surface area contributed by atoms with Crippen LogP contribution in [0.2, 0.25) is 0 Å². The maximum absolute atomic E-state index is 4.08. The SMILES string of the molecule is C=C\C=C/C(=C\C=C)C(/C=C)=N/C=C. The molecule has 0 aromatic heterocycles. The quantitative estimate of drug-likeness (QED) is 0.443. The van der Waals surface area contributed by atoms with Crippen LogP contribution in [0.5, 0.6) is 0 Å². The molecule has 0 aromatic carbocycles. The first-order valence-electron chi connectivity index (χ1n) is 4.23. The summed E-state index contributed by atoms with van der Waals surface area (Å²) >= 11 is 0. The molecular weight excluding hydrogens is 170 g/mol. The number of hydrogen-bond donors (Lipinski definition) is 0. The fourth-order valence-electron chi connectivity index (χ4n) is 0.868. The average Bonchev–Trinajstić information content (AvgIpc) is 2.21. The van der Waals surface area contributed by atoms with Crippen molar-refractivity contribution in [2.24, 2.45) is 4.99 Å². The van der Waals surface area contributed by atoms with Crippen molar-refractivity contribution in [3.63, 3.8) is 0 Å². The van der Waals surface area contributed by atoms with E-state index < -0.39 is 0 Å². The summed E-state index contributed by atoms with van der Waals surface area (Å²) in [5.41, 5.74) is 1.69. The molecule has 0 aliphatic rings. The van der Waals surface area contributed by atoms with Crippen molar-refractivity contribution in [3.8, 4) is 0 Å². The van der Waals surface area contributed by atoms with Gasteiger partial charge in [-0.2, -0.15) is 0 Å². The average molecular weight is 185 g/mol. The predicted molar refractivity (Wildman–Crippen MR) is 65.4 cm³/mol. The lowest BCUT2D eigenvalue weighted by Gasteiger charge is -1.99. The van der Waals surface area contributed by atoms with Crippen LogP contribution in [0.25, 0.3) is 0 Å². The maximum atomic E-state index is 4.08. The van der Waals surface area contributed by atoms with Crippen LogP contribution in [-0.2, 0) is 0 Å². The summed E-state index contributed by atoms with van der Waals surface area (Å²) in [6.07, 6.45) is 12.1. The summed E-state index contributed by atoms with van der Waals surface area (Å²) in [6.45, 7) is 14.4. The molecule has 0 saturated carbocycles. The van der Waals surface area contributed by atoms with E-state index in [-0.39, 0.29) is 0 Å². The van der Waals surface area contributed by atoms with Gasteiger partial charge in [-0.05, 0) is 6.08 Å². The van der Waals surface area contributed by atoms with E-state index in [4.69, 9.17) is 0 Å². The number of hydrogen-bond acceptors (Lipinski definition) is 1. The summed E-state index contributed by atoms with van der Waals surface area (Å²) in [4.78, 5) is 4.08. The van der Waals surface area contributed by atoms with Gasteiger partial charge in [0.25, 0.3) is 0 Å². The van der Waals surface area contributed by atoms with Crippen molar-refractivity contribution >= 4 is 5.71 Å². The molecule has 0 unspecified atom stereocenters. The third-order valence-corrected chi connectivity index (χ3v) is 1.43. The van der Waals surface area contributed by atoms with E-state index in [0.29, 0.717) is 0 Å². The zero-order chi connectivity index (χ0) is 10.8. The van der Waals surface area contributed by atoms with Crippen LogP contribution in [0.15, 0.2) is 79.5 Å². The van der Waals surface area contributed by atoms with E-state index in [0.717, 1.165) is 11.3 Å². The van der Waals surface area contributed by atoms with Gasteiger partial charge >= 0.3 is 0 Å². The number of nitrogens with zero attached hydrogens (tertiary/aromatic N) is 1. The molecule has 72 valence electrons. The molecule has 0 bridgehead atoms. The number of aliphatic imine (C=N–C) groups is 1. The lowest BCUT2D eigenvalue weighted by molar-refractivity contribution is 1.56. The first-order chi connectivity index (χ1) is 6.79. The second-order valence-corrected chi connectivity index (χ2v) is 2.35. The zero-order valence-electron chi connectivity index (χ0n) is 8.32. The van der Waals surface area contributed by atoms with E-state index >= 15 is 0 Å². The Morgan fingerprint density at radius 1 is 1.00 bits per heavy atom. The molecule has 14 heavy (non-hydrogen) atoms. The minimum absolute atomic E-state index is 0.762. The lowest BCUT2D eigenvalue weighted by Crippen LogP contribution is -1.95. The van der Waals surface area contributed by atoms with E-state index in [1.807, 2.05) is 18.2 Å². The first-order valence-corrected chi connectivity index (χ1v) is 4.23. The molecule has 0 atom stereocenters. The lowest BCUT2D eigenvalue weighted by atomic mass is 10.1. The summed E-state index contributed by atoms with van der Waals surface area (Å²) in [5, 5.41) is 0. The third kappa shape index (κ3) is 4.21. The Hall–Kier alpha value is -1.89. The third-order valence-electron chi connectivity index (χ3n) is 1.43.